The minimum absolute atomic E-state index is 0.00553. The predicted octanol–water partition coefficient (Wildman–Crippen LogP) is 6.16. The largest absolute Gasteiger partial charge is 0.416 e. The van der Waals surface area contributed by atoms with E-state index in [1.165, 1.54) is 18.2 Å². The average molecular weight is 539 g/mol. The van der Waals surface area contributed by atoms with Crippen LogP contribution in [0.3, 0.4) is 0 Å². The summed E-state index contributed by atoms with van der Waals surface area (Å²) in [5, 5.41) is 12.9. The van der Waals surface area contributed by atoms with Gasteiger partial charge in [-0.2, -0.15) is 13.2 Å². The predicted molar refractivity (Wildman–Crippen MR) is 148 cm³/mol. The number of alkyl halides is 3. The maximum atomic E-state index is 14.7. The van der Waals surface area contributed by atoms with E-state index < -0.39 is 23.7 Å². The second-order valence-electron chi connectivity index (χ2n) is 9.42. The highest BCUT2D eigenvalue weighted by Gasteiger charge is 2.37. The summed E-state index contributed by atoms with van der Waals surface area (Å²) >= 11 is 0. The molecular weight excluding hydrogens is 508 g/mol. The van der Waals surface area contributed by atoms with Crippen LogP contribution in [0.25, 0.3) is 5.70 Å². The Balaban J connectivity index is 1.59. The molecule has 6 nitrogen and oxygen atoms in total. The van der Waals surface area contributed by atoms with E-state index in [-0.39, 0.29) is 5.56 Å². The van der Waals surface area contributed by atoms with Crippen molar-refractivity contribution in [3.05, 3.63) is 95.3 Å². The monoisotopic (exact) mass is 538 g/mol. The van der Waals surface area contributed by atoms with Gasteiger partial charge in [-0.05, 0) is 30.7 Å². The van der Waals surface area contributed by atoms with Gasteiger partial charge in [-0.15, -0.1) is 0 Å². The molecule has 0 aromatic heterocycles. The maximum Gasteiger partial charge on any atom is 0.416 e. The number of amidine groups is 1. The van der Waals surface area contributed by atoms with Gasteiger partial charge >= 0.3 is 6.18 Å². The van der Waals surface area contributed by atoms with Gasteiger partial charge in [0.1, 0.15) is 17.8 Å². The van der Waals surface area contributed by atoms with Gasteiger partial charge in [-0.3, -0.25) is 5.32 Å². The normalized spacial score (nSPS) is 16.8. The summed E-state index contributed by atoms with van der Waals surface area (Å²) in [6, 6.07) is 15.8. The number of aliphatic imine (C=N–C) groups is 1. The maximum absolute atomic E-state index is 14.7. The molecule has 1 fully saturated rings. The molecule has 0 amide bonds. The molecule has 1 unspecified atom stereocenters. The van der Waals surface area contributed by atoms with Crippen LogP contribution in [0.2, 0.25) is 0 Å². The summed E-state index contributed by atoms with van der Waals surface area (Å²) < 4.78 is 56.6. The highest BCUT2D eigenvalue weighted by Crippen LogP contribution is 2.41. The Morgan fingerprint density at radius 3 is 2.64 bits per heavy atom. The second kappa shape index (κ2) is 11.0. The van der Waals surface area contributed by atoms with Gasteiger partial charge < -0.3 is 20.9 Å². The molecule has 204 valence electrons. The first-order valence-electron chi connectivity index (χ1n) is 12.9. The molecule has 3 aromatic carbocycles. The smallest absolute Gasteiger partial charge is 0.382 e. The summed E-state index contributed by atoms with van der Waals surface area (Å²) in [5.41, 5.74) is 2.63. The molecule has 3 aromatic rings. The van der Waals surface area contributed by atoms with Gasteiger partial charge in [-0.25, -0.2) is 9.38 Å². The zero-order valence-corrected chi connectivity index (χ0v) is 21.5. The fraction of sp³-hybridized carbons (Fsp3) is 0.276. The van der Waals surface area contributed by atoms with Gasteiger partial charge in [0, 0.05) is 42.0 Å². The lowest BCUT2D eigenvalue weighted by Gasteiger charge is -2.32. The number of halogens is 4. The number of para-hydroxylation sites is 2. The van der Waals surface area contributed by atoms with E-state index in [4.69, 9.17) is 4.99 Å². The Morgan fingerprint density at radius 1 is 1.10 bits per heavy atom. The van der Waals surface area contributed by atoms with E-state index in [9.17, 15) is 17.6 Å². The summed E-state index contributed by atoms with van der Waals surface area (Å²) in [6.45, 7) is 8.85. The molecule has 0 spiro atoms. The number of rotatable bonds is 7. The van der Waals surface area contributed by atoms with E-state index in [2.05, 4.69) is 32.7 Å². The van der Waals surface area contributed by atoms with Crippen LogP contribution < -0.4 is 26.2 Å². The lowest BCUT2D eigenvalue weighted by Crippen LogP contribution is -2.32. The topological polar surface area (TPSA) is 63.7 Å². The van der Waals surface area contributed by atoms with Gasteiger partial charge in [0.25, 0.3) is 0 Å². The van der Waals surface area contributed by atoms with Crippen LogP contribution >= 0.6 is 0 Å². The first kappa shape index (κ1) is 26.6. The Kier molecular flexibility index (Phi) is 7.47. The third-order valence-electron chi connectivity index (χ3n) is 6.76. The van der Waals surface area contributed by atoms with Crippen molar-refractivity contribution in [2.24, 2.45) is 4.99 Å². The first-order chi connectivity index (χ1) is 18.8. The van der Waals surface area contributed by atoms with E-state index in [1.807, 2.05) is 25.1 Å². The third kappa shape index (κ3) is 5.42. The fourth-order valence-electron chi connectivity index (χ4n) is 4.89. The van der Waals surface area contributed by atoms with Crippen LogP contribution in [0.5, 0.6) is 0 Å². The number of nitrogens with one attached hydrogen (secondary N) is 4. The van der Waals surface area contributed by atoms with Crippen molar-refractivity contribution in [3.63, 3.8) is 0 Å². The zero-order chi connectivity index (χ0) is 27.6. The summed E-state index contributed by atoms with van der Waals surface area (Å²) in [5.74, 6) is -0.0761. The highest BCUT2D eigenvalue weighted by molar-refractivity contribution is 6.10. The molecule has 2 heterocycles. The minimum Gasteiger partial charge on any atom is -0.382 e. The highest BCUT2D eigenvalue weighted by atomic mass is 19.4. The Labute approximate surface area is 224 Å². The van der Waals surface area contributed by atoms with Crippen molar-refractivity contribution < 1.29 is 17.6 Å². The van der Waals surface area contributed by atoms with Gasteiger partial charge in [0.05, 0.1) is 29.3 Å². The van der Waals surface area contributed by atoms with Crippen LogP contribution in [0.1, 0.15) is 41.8 Å². The van der Waals surface area contributed by atoms with Crippen LogP contribution in [0.15, 0.2) is 72.2 Å². The van der Waals surface area contributed by atoms with Crippen molar-refractivity contribution in [1.82, 2.24) is 10.6 Å². The molecule has 4 N–H and O–H groups in total. The standard InChI is InChI=1S/C29H30F4N6/c1-3-14-35-25-19(9-6-12-23(25)30)18(2)36-28-21-10-7-13-24(39-16-15-34-17-39)26(21)37-27(38-28)20-8-4-5-11-22(20)29(31,32)33/h4-13,27,34-35,37H,2-3,14-17H2,1H3,(H,36,38). The first-order valence-corrected chi connectivity index (χ1v) is 12.9. The molecule has 0 bridgehead atoms. The second-order valence-corrected chi connectivity index (χ2v) is 9.42. The molecule has 0 radical (unpaired) electrons. The Hall–Kier alpha value is -4.05. The van der Waals surface area contributed by atoms with E-state index >= 15 is 0 Å². The van der Waals surface area contributed by atoms with Crippen molar-refractivity contribution >= 4 is 28.6 Å². The van der Waals surface area contributed by atoms with Gasteiger partial charge in [0.15, 0.2) is 0 Å². The summed E-state index contributed by atoms with van der Waals surface area (Å²) in [7, 11) is 0. The van der Waals surface area contributed by atoms with Crippen molar-refractivity contribution in [3.8, 4) is 0 Å². The number of benzene rings is 3. The number of fused-ring (bicyclic) bond motifs is 1. The van der Waals surface area contributed by atoms with Gasteiger partial charge in [-0.1, -0.05) is 49.9 Å². The number of hydrogen-bond donors (Lipinski definition) is 4. The molecule has 1 saturated heterocycles. The SMILES string of the molecule is C=C(NC1=NC(c2ccccc2C(F)(F)F)Nc2c1cccc2N1CCNC1)c1cccc(F)c1NCCC. The molecule has 2 aliphatic rings. The lowest BCUT2D eigenvalue weighted by atomic mass is 10.0. The van der Waals surface area contributed by atoms with Crippen LogP contribution in [-0.2, 0) is 6.18 Å². The zero-order valence-electron chi connectivity index (χ0n) is 21.5. The molecule has 0 saturated carbocycles. The van der Waals surface area contributed by atoms with Crippen LogP contribution in [-0.4, -0.2) is 32.1 Å². The van der Waals surface area contributed by atoms with Gasteiger partial charge in [0.2, 0.25) is 0 Å². The average Bonchev–Trinajstić information content (AvgIpc) is 3.46. The molecule has 5 rings (SSSR count). The quantitative estimate of drug-likeness (QED) is 0.271. The molecule has 39 heavy (non-hydrogen) atoms. The Bertz CT molecular complexity index is 1390. The van der Waals surface area contributed by atoms with Crippen molar-refractivity contribution in [2.45, 2.75) is 25.7 Å². The van der Waals surface area contributed by atoms with Crippen molar-refractivity contribution in [1.29, 1.82) is 0 Å². The summed E-state index contributed by atoms with van der Waals surface area (Å²) in [6.07, 6.45) is -4.77. The van der Waals surface area contributed by atoms with E-state index in [0.717, 1.165) is 31.3 Å². The molecule has 0 aliphatic carbocycles. The summed E-state index contributed by atoms with van der Waals surface area (Å²) in [4.78, 5) is 6.82. The minimum atomic E-state index is -4.55. The lowest BCUT2D eigenvalue weighted by molar-refractivity contribution is -0.138. The number of hydrogen-bond acceptors (Lipinski definition) is 6. The number of anilines is 3. The molecule has 2 aliphatic heterocycles. The molecule has 1 atom stereocenters. The molecule has 10 heteroatoms. The van der Waals surface area contributed by atoms with E-state index in [1.54, 1.807) is 18.2 Å². The number of nitrogens with zero attached hydrogens (tertiary/aromatic N) is 2. The van der Waals surface area contributed by atoms with Crippen molar-refractivity contribution in [2.75, 3.05) is 41.8 Å². The fourth-order valence-corrected chi connectivity index (χ4v) is 4.89. The molecular formula is C29H30F4N6. The van der Waals surface area contributed by atoms with Crippen LogP contribution in [0.4, 0.5) is 34.6 Å². The van der Waals surface area contributed by atoms with E-state index in [0.29, 0.717) is 47.2 Å². The third-order valence-corrected chi connectivity index (χ3v) is 6.76. The Morgan fingerprint density at radius 2 is 1.90 bits per heavy atom. The van der Waals surface area contributed by atoms with Crippen LogP contribution in [0, 0.1) is 5.82 Å².